The van der Waals surface area contributed by atoms with Crippen molar-refractivity contribution in [2.75, 3.05) is 24.7 Å². The number of thioether (sulfide) groups is 1. The quantitative estimate of drug-likeness (QED) is 0.798. The lowest BCUT2D eigenvalue weighted by atomic mass is 10.3. The molecule has 0 aromatic heterocycles. The second-order valence-corrected chi connectivity index (χ2v) is 4.89. The van der Waals surface area contributed by atoms with Gasteiger partial charge in [-0.25, -0.2) is 0 Å². The highest BCUT2D eigenvalue weighted by Gasteiger charge is 2.06. The summed E-state index contributed by atoms with van der Waals surface area (Å²) < 4.78 is 0. The van der Waals surface area contributed by atoms with Gasteiger partial charge in [0.2, 0.25) is 5.91 Å². The van der Waals surface area contributed by atoms with Gasteiger partial charge >= 0.3 is 0 Å². The zero-order chi connectivity index (χ0) is 12.0. The lowest BCUT2D eigenvalue weighted by Gasteiger charge is -2.10. The van der Waals surface area contributed by atoms with Gasteiger partial charge in [-0.05, 0) is 31.0 Å². The fourth-order valence-corrected chi connectivity index (χ4v) is 2.15. The van der Waals surface area contributed by atoms with Gasteiger partial charge in [-0.15, -0.1) is 11.8 Å². The van der Waals surface area contributed by atoms with Crippen molar-refractivity contribution in [1.29, 1.82) is 0 Å². The summed E-state index contributed by atoms with van der Waals surface area (Å²) in [6.07, 6.45) is 0. The van der Waals surface area contributed by atoms with Crippen LogP contribution in [0.2, 0.25) is 5.02 Å². The van der Waals surface area contributed by atoms with E-state index in [0.29, 0.717) is 11.6 Å². The molecule has 0 atom stereocenters. The topological polar surface area (TPSA) is 41.1 Å². The number of likely N-dealkylation sites (N-methyl/N-ethyl adjacent to an activating group) is 1. The lowest BCUT2D eigenvalue weighted by Crippen LogP contribution is -2.25. The van der Waals surface area contributed by atoms with Gasteiger partial charge < -0.3 is 10.6 Å². The standard InChI is InChI=1S/C11H15ClN2OS/c1-3-16-10-5-4-8(12)6-9(10)14-11(15)7-13-2/h4-6,13H,3,7H2,1-2H3,(H,14,15). The molecular formula is C11H15ClN2OS. The van der Waals surface area contributed by atoms with E-state index in [1.807, 2.05) is 12.1 Å². The summed E-state index contributed by atoms with van der Waals surface area (Å²) in [5.74, 6) is 0.888. The van der Waals surface area contributed by atoms with E-state index in [4.69, 9.17) is 11.6 Å². The van der Waals surface area contributed by atoms with Crippen LogP contribution in [0.15, 0.2) is 23.1 Å². The van der Waals surface area contributed by atoms with Crippen LogP contribution in [-0.4, -0.2) is 25.3 Å². The third-order valence-electron chi connectivity index (χ3n) is 1.85. The Morgan fingerprint density at radius 3 is 2.88 bits per heavy atom. The van der Waals surface area contributed by atoms with Crippen molar-refractivity contribution in [2.45, 2.75) is 11.8 Å². The number of carbonyl (C=O) groups is 1. The smallest absolute Gasteiger partial charge is 0.238 e. The maximum absolute atomic E-state index is 11.5. The van der Waals surface area contributed by atoms with Crippen molar-refractivity contribution >= 4 is 35.0 Å². The minimum atomic E-state index is -0.0669. The Balaban J connectivity index is 2.82. The Hall–Kier alpha value is -0.710. The number of carbonyl (C=O) groups excluding carboxylic acids is 1. The fraction of sp³-hybridized carbons (Fsp3) is 0.364. The van der Waals surface area contributed by atoms with Crippen molar-refractivity contribution in [2.24, 2.45) is 0 Å². The molecule has 0 spiro atoms. The normalized spacial score (nSPS) is 10.2. The first-order chi connectivity index (χ1) is 7.67. The lowest BCUT2D eigenvalue weighted by molar-refractivity contribution is -0.115. The number of benzene rings is 1. The van der Waals surface area contributed by atoms with Gasteiger partial charge in [0.1, 0.15) is 0 Å². The Bertz CT molecular complexity index is 371. The van der Waals surface area contributed by atoms with E-state index in [1.165, 1.54) is 0 Å². The van der Waals surface area contributed by atoms with Crippen LogP contribution in [0.4, 0.5) is 5.69 Å². The van der Waals surface area contributed by atoms with E-state index in [9.17, 15) is 4.79 Å². The Kier molecular flexibility index (Phi) is 5.66. The second-order valence-electron chi connectivity index (χ2n) is 3.15. The molecule has 0 radical (unpaired) electrons. The highest BCUT2D eigenvalue weighted by Crippen LogP contribution is 2.29. The largest absolute Gasteiger partial charge is 0.324 e. The predicted molar refractivity (Wildman–Crippen MR) is 70.4 cm³/mol. The SMILES string of the molecule is CCSc1ccc(Cl)cc1NC(=O)CNC. The van der Waals surface area contributed by atoms with Gasteiger partial charge in [-0.1, -0.05) is 18.5 Å². The second kappa shape index (κ2) is 6.78. The molecular weight excluding hydrogens is 244 g/mol. The average molecular weight is 259 g/mol. The summed E-state index contributed by atoms with van der Waals surface area (Å²) in [5, 5.41) is 6.26. The molecule has 16 heavy (non-hydrogen) atoms. The van der Waals surface area contributed by atoms with Crippen LogP contribution in [0, 0.1) is 0 Å². The molecule has 0 saturated carbocycles. The molecule has 0 fully saturated rings. The monoisotopic (exact) mass is 258 g/mol. The average Bonchev–Trinajstić information content (AvgIpc) is 2.22. The molecule has 1 rings (SSSR count). The Morgan fingerprint density at radius 1 is 1.50 bits per heavy atom. The van der Waals surface area contributed by atoms with Crippen molar-refractivity contribution in [1.82, 2.24) is 5.32 Å². The maximum atomic E-state index is 11.5. The van der Waals surface area contributed by atoms with Crippen LogP contribution in [-0.2, 0) is 4.79 Å². The van der Waals surface area contributed by atoms with Crippen molar-refractivity contribution in [3.63, 3.8) is 0 Å². The fourth-order valence-electron chi connectivity index (χ4n) is 1.24. The number of hydrogen-bond donors (Lipinski definition) is 2. The summed E-state index contributed by atoms with van der Waals surface area (Å²) in [6.45, 7) is 2.36. The molecule has 88 valence electrons. The molecule has 0 aliphatic carbocycles. The van der Waals surface area contributed by atoms with Crippen molar-refractivity contribution < 1.29 is 4.79 Å². The molecule has 0 aliphatic rings. The molecule has 0 bridgehead atoms. The number of nitrogens with one attached hydrogen (secondary N) is 2. The van der Waals surface area contributed by atoms with E-state index in [-0.39, 0.29) is 5.91 Å². The van der Waals surface area contributed by atoms with Crippen molar-refractivity contribution in [3.8, 4) is 0 Å². The van der Waals surface area contributed by atoms with Gasteiger partial charge in [-0.3, -0.25) is 4.79 Å². The summed E-state index contributed by atoms with van der Waals surface area (Å²) in [6, 6.07) is 5.52. The number of halogens is 1. The van der Waals surface area contributed by atoms with E-state index in [1.54, 1.807) is 24.9 Å². The van der Waals surface area contributed by atoms with Gasteiger partial charge in [0.15, 0.2) is 0 Å². The Morgan fingerprint density at radius 2 is 2.25 bits per heavy atom. The minimum Gasteiger partial charge on any atom is -0.324 e. The van der Waals surface area contributed by atoms with E-state index in [2.05, 4.69) is 17.6 Å². The molecule has 0 saturated heterocycles. The zero-order valence-corrected chi connectivity index (χ0v) is 10.9. The van der Waals surface area contributed by atoms with Crippen LogP contribution < -0.4 is 10.6 Å². The Labute approximate surface area is 105 Å². The molecule has 5 heteroatoms. The van der Waals surface area contributed by atoms with E-state index in [0.717, 1.165) is 16.3 Å². The molecule has 0 heterocycles. The number of hydrogen-bond acceptors (Lipinski definition) is 3. The predicted octanol–water partition coefficient (Wildman–Crippen LogP) is 2.61. The van der Waals surface area contributed by atoms with Gasteiger partial charge in [0.05, 0.1) is 12.2 Å². The minimum absolute atomic E-state index is 0.0669. The van der Waals surface area contributed by atoms with E-state index < -0.39 is 0 Å². The highest BCUT2D eigenvalue weighted by molar-refractivity contribution is 7.99. The number of anilines is 1. The van der Waals surface area contributed by atoms with Crippen molar-refractivity contribution in [3.05, 3.63) is 23.2 Å². The maximum Gasteiger partial charge on any atom is 0.238 e. The summed E-state index contributed by atoms with van der Waals surface area (Å²) in [5.41, 5.74) is 0.777. The first kappa shape index (κ1) is 13.4. The van der Waals surface area contributed by atoms with Gasteiger partial charge in [-0.2, -0.15) is 0 Å². The molecule has 0 aliphatic heterocycles. The third-order valence-corrected chi connectivity index (χ3v) is 3.04. The summed E-state index contributed by atoms with van der Waals surface area (Å²) in [7, 11) is 1.74. The van der Waals surface area contributed by atoms with Crippen LogP contribution >= 0.6 is 23.4 Å². The zero-order valence-electron chi connectivity index (χ0n) is 9.34. The molecule has 1 amide bonds. The van der Waals surface area contributed by atoms with Crippen LogP contribution in [0.1, 0.15) is 6.92 Å². The molecule has 3 nitrogen and oxygen atoms in total. The molecule has 2 N–H and O–H groups in total. The number of rotatable bonds is 5. The van der Waals surface area contributed by atoms with Gasteiger partial charge in [0, 0.05) is 9.92 Å². The van der Waals surface area contributed by atoms with Crippen LogP contribution in [0.5, 0.6) is 0 Å². The van der Waals surface area contributed by atoms with Gasteiger partial charge in [0.25, 0.3) is 0 Å². The first-order valence-electron chi connectivity index (χ1n) is 5.04. The molecule has 1 aromatic carbocycles. The first-order valence-corrected chi connectivity index (χ1v) is 6.40. The highest BCUT2D eigenvalue weighted by atomic mass is 35.5. The molecule has 0 unspecified atom stereocenters. The molecule has 1 aromatic rings. The summed E-state index contributed by atoms with van der Waals surface area (Å²) in [4.78, 5) is 12.5. The summed E-state index contributed by atoms with van der Waals surface area (Å²) >= 11 is 7.58. The van der Waals surface area contributed by atoms with Crippen LogP contribution in [0.3, 0.4) is 0 Å². The number of amides is 1. The third kappa shape index (κ3) is 4.04. The van der Waals surface area contributed by atoms with E-state index >= 15 is 0 Å². The van der Waals surface area contributed by atoms with Crippen LogP contribution in [0.25, 0.3) is 0 Å².